The van der Waals surface area contributed by atoms with Crippen molar-refractivity contribution in [2.24, 2.45) is 10.9 Å². The van der Waals surface area contributed by atoms with E-state index in [1.54, 1.807) is 0 Å². The molecule has 0 spiro atoms. The molecule has 26 heavy (non-hydrogen) atoms. The van der Waals surface area contributed by atoms with Crippen LogP contribution in [0.2, 0.25) is 0 Å². The van der Waals surface area contributed by atoms with Gasteiger partial charge < -0.3 is 20.3 Å². The molecule has 1 aliphatic carbocycles. The normalized spacial score (nSPS) is 22.8. The van der Waals surface area contributed by atoms with E-state index >= 15 is 0 Å². The van der Waals surface area contributed by atoms with Crippen molar-refractivity contribution in [2.45, 2.75) is 83.8 Å². The van der Waals surface area contributed by atoms with Gasteiger partial charge in [-0.15, -0.1) is 0 Å². The maximum atomic E-state index is 12.3. The Kier molecular flexibility index (Phi) is 8.04. The number of hydrogen-bond donors (Lipinski definition) is 2. The highest BCUT2D eigenvalue weighted by Gasteiger charge is 2.27. The van der Waals surface area contributed by atoms with Crippen LogP contribution in [0.1, 0.15) is 72.1 Å². The maximum Gasteiger partial charge on any atom is 0.410 e. The number of ether oxygens (including phenoxy) is 1. The fourth-order valence-electron chi connectivity index (χ4n) is 3.82. The molecular formula is C20H38N4O2. The summed E-state index contributed by atoms with van der Waals surface area (Å²) < 4.78 is 5.51. The fourth-order valence-corrected chi connectivity index (χ4v) is 3.82. The molecule has 1 unspecified atom stereocenters. The van der Waals surface area contributed by atoms with Crippen molar-refractivity contribution in [3.05, 3.63) is 0 Å². The van der Waals surface area contributed by atoms with Gasteiger partial charge in [-0.3, -0.25) is 4.99 Å². The Hall–Kier alpha value is -1.46. The second-order valence-corrected chi connectivity index (χ2v) is 8.70. The summed E-state index contributed by atoms with van der Waals surface area (Å²) >= 11 is 0. The lowest BCUT2D eigenvalue weighted by atomic mass is 9.95. The molecular weight excluding hydrogens is 328 g/mol. The minimum atomic E-state index is -0.428. The Morgan fingerprint density at radius 1 is 1.15 bits per heavy atom. The van der Waals surface area contributed by atoms with Crippen molar-refractivity contribution in [2.75, 3.05) is 26.7 Å². The molecule has 2 fully saturated rings. The van der Waals surface area contributed by atoms with Crippen LogP contribution in [0, 0.1) is 5.92 Å². The number of carbonyl (C=O) groups excluding carboxylic acids is 1. The zero-order chi connectivity index (χ0) is 19.0. The molecule has 1 heterocycles. The van der Waals surface area contributed by atoms with Crippen LogP contribution in [0.4, 0.5) is 4.79 Å². The van der Waals surface area contributed by atoms with Gasteiger partial charge in [0.25, 0.3) is 0 Å². The first kappa shape index (κ1) is 20.8. The van der Waals surface area contributed by atoms with Crippen molar-refractivity contribution in [1.29, 1.82) is 0 Å². The lowest BCUT2D eigenvalue weighted by Gasteiger charge is -2.34. The number of nitrogens with one attached hydrogen (secondary N) is 2. The number of rotatable bonds is 4. The highest BCUT2D eigenvalue weighted by atomic mass is 16.6. The largest absolute Gasteiger partial charge is 0.444 e. The predicted octanol–water partition coefficient (Wildman–Crippen LogP) is 3.52. The van der Waals surface area contributed by atoms with Crippen LogP contribution in [-0.2, 0) is 4.74 Å². The molecule has 6 heteroatoms. The molecule has 2 N–H and O–H groups in total. The van der Waals surface area contributed by atoms with Gasteiger partial charge in [0, 0.05) is 32.7 Å². The SMILES string of the molecule is CN=C(NCCC1CCCN(C(=O)OC(C)(C)C)C1)NC1CCCCC1. The Morgan fingerprint density at radius 3 is 2.54 bits per heavy atom. The lowest BCUT2D eigenvalue weighted by Crippen LogP contribution is -2.46. The molecule has 0 aromatic rings. The number of hydrogen-bond acceptors (Lipinski definition) is 3. The summed E-state index contributed by atoms with van der Waals surface area (Å²) in [5.74, 6) is 1.44. The first-order valence-corrected chi connectivity index (χ1v) is 10.3. The Balaban J connectivity index is 1.70. The van der Waals surface area contributed by atoms with Crippen molar-refractivity contribution in [1.82, 2.24) is 15.5 Å². The standard InChI is InChI=1S/C20H38N4O2/c1-20(2,3)26-19(25)24-14-8-9-16(15-24)12-13-22-18(21-4)23-17-10-6-5-7-11-17/h16-17H,5-15H2,1-4H3,(H2,21,22,23). The smallest absolute Gasteiger partial charge is 0.410 e. The maximum absolute atomic E-state index is 12.3. The number of amides is 1. The van der Waals surface area contributed by atoms with E-state index in [2.05, 4.69) is 15.6 Å². The quantitative estimate of drug-likeness (QED) is 0.590. The molecule has 1 aliphatic heterocycles. The van der Waals surface area contributed by atoms with E-state index in [0.29, 0.717) is 12.0 Å². The number of aliphatic imine (C=N–C) groups is 1. The third-order valence-electron chi connectivity index (χ3n) is 5.19. The molecule has 1 saturated heterocycles. The minimum Gasteiger partial charge on any atom is -0.444 e. The van der Waals surface area contributed by atoms with Crippen LogP contribution in [-0.4, -0.2) is 55.3 Å². The third kappa shape index (κ3) is 7.42. The van der Waals surface area contributed by atoms with Crippen LogP contribution in [0.3, 0.4) is 0 Å². The van der Waals surface area contributed by atoms with Gasteiger partial charge in [0.2, 0.25) is 0 Å². The zero-order valence-corrected chi connectivity index (χ0v) is 17.1. The summed E-state index contributed by atoms with van der Waals surface area (Å²) in [6.07, 6.45) is 9.58. The zero-order valence-electron chi connectivity index (χ0n) is 17.1. The van der Waals surface area contributed by atoms with Gasteiger partial charge in [-0.05, 0) is 58.8 Å². The van der Waals surface area contributed by atoms with Gasteiger partial charge in [0.1, 0.15) is 5.60 Å². The number of guanidine groups is 1. The minimum absolute atomic E-state index is 0.176. The average Bonchev–Trinajstić information content (AvgIpc) is 2.60. The van der Waals surface area contributed by atoms with Crippen LogP contribution in [0.25, 0.3) is 0 Å². The van der Waals surface area contributed by atoms with Gasteiger partial charge >= 0.3 is 6.09 Å². The number of piperidine rings is 1. The third-order valence-corrected chi connectivity index (χ3v) is 5.19. The lowest BCUT2D eigenvalue weighted by molar-refractivity contribution is 0.0162. The Bertz CT molecular complexity index is 467. The molecule has 1 amide bonds. The molecule has 150 valence electrons. The van der Waals surface area contributed by atoms with Gasteiger partial charge in [-0.1, -0.05) is 19.3 Å². The van der Waals surface area contributed by atoms with Crippen molar-refractivity contribution >= 4 is 12.1 Å². The molecule has 0 aromatic carbocycles. The van der Waals surface area contributed by atoms with Gasteiger partial charge in [0.05, 0.1) is 0 Å². The molecule has 1 atom stereocenters. The Morgan fingerprint density at radius 2 is 1.88 bits per heavy atom. The van der Waals surface area contributed by atoms with Crippen molar-refractivity contribution in [3.63, 3.8) is 0 Å². The van der Waals surface area contributed by atoms with E-state index in [1.807, 2.05) is 32.7 Å². The first-order chi connectivity index (χ1) is 12.4. The fraction of sp³-hybridized carbons (Fsp3) is 0.900. The highest BCUT2D eigenvalue weighted by molar-refractivity contribution is 5.79. The summed E-state index contributed by atoms with van der Waals surface area (Å²) in [5.41, 5.74) is -0.428. The monoisotopic (exact) mass is 366 g/mol. The summed E-state index contributed by atoms with van der Waals surface area (Å²) in [6.45, 7) is 8.25. The van der Waals surface area contributed by atoms with E-state index in [-0.39, 0.29) is 6.09 Å². The average molecular weight is 367 g/mol. The number of nitrogens with zero attached hydrogens (tertiary/aromatic N) is 2. The molecule has 0 bridgehead atoms. The molecule has 1 saturated carbocycles. The van der Waals surface area contributed by atoms with Gasteiger partial charge in [-0.25, -0.2) is 4.79 Å². The van der Waals surface area contributed by atoms with Crippen molar-refractivity contribution in [3.8, 4) is 0 Å². The summed E-state index contributed by atoms with van der Waals surface area (Å²) in [6, 6.07) is 0.562. The van der Waals surface area contributed by atoms with Gasteiger partial charge in [-0.2, -0.15) is 0 Å². The predicted molar refractivity (Wildman–Crippen MR) is 107 cm³/mol. The van der Waals surface area contributed by atoms with E-state index in [1.165, 1.54) is 38.5 Å². The molecule has 6 nitrogen and oxygen atoms in total. The molecule has 0 radical (unpaired) electrons. The molecule has 0 aromatic heterocycles. The Labute approximate surface area is 159 Å². The number of likely N-dealkylation sites (tertiary alicyclic amines) is 1. The summed E-state index contributed by atoms with van der Waals surface area (Å²) in [5, 5.41) is 7.00. The topological polar surface area (TPSA) is 66.0 Å². The van der Waals surface area contributed by atoms with Crippen LogP contribution in [0.5, 0.6) is 0 Å². The number of carbonyl (C=O) groups is 1. The van der Waals surface area contributed by atoms with E-state index in [9.17, 15) is 4.79 Å². The van der Waals surface area contributed by atoms with Crippen LogP contribution < -0.4 is 10.6 Å². The van der Waals surface area contributed by atoms with E-state index in [0.717, 1.165) is 38.4 Å². The second kappa shape index (κ2) is 10.0. The summed E-state index contributed by atoms with van der Waals surface area (Å²) in [4.78, 5) is 18.5. The highest BCUT2D eigenvalue weighted by Crippen LogP contribution is 2.21. The second-order valence-electron chi connectivity index (χ2n) is 8.70. The van der Waals surface area contributed by atoms with E-state index in [4.69, 9.17) is 4.74 Å². The van der Waals surface area contributed by atoms with Crippen LogP contribution >= 0.6 is 0 Å². The summed E-state index contributed by atoms with van der Waals surface area (Å²) in [7, 11) is 1.84. The molecule has 2 rings (SSSR count). The van der Waals surface area contributed by atoms with Crippen LogP contribution in [0.15, 0.2) is 4.99 Å². The van der Waals surface area contributed by atoms with Crippen molar-refractivity contribution < 1.29 is 9.53 Å². The van der Waals surface area contributed by atoms with E-state index < -0.39 is 5.60 Å². The molecule has 2 aliphatic rings. The van der Waals surface area contributed by atoms with Gasteiger partial charge in [0.15, 0.2) is 5.96 Å². The first-order valence-electron chi connectivity index (χ1n) is 10.3.